The van der Waals surface area contributed by atoms with Crippen LogP contribution in [-0.2, 0) is 4.79 Å². The molecule has 1 aromatic carbocycles. The number of halogens is 1. The topological polar surface area (TPSA) is 44.4 Å². The van der Waals surface area contributed by atoms with Gasteiger partial charge in [-0.1, -0.05) is 22.0 Å². The van der Waals surface area contributed by atoms with Gasteiger partial charge in [-0.3, -0.25) is 4.79 Å². The van der Waals surface area contributed by atoms with E-state index in [0.717, 1.165) is 35.2 Å². The Balaban J connectivity index is 1.51. The molecule has 20 heavy (non-hydrogen) atoms. The van der Waals surface area contributed by atoms with Crippen molar-refractivity contribution in [3.63, 3.8) is 0 Å². The second kappa shape index (κ2) is 6.24. The fourth-order valence-corrected chi connectivity index (χ4v) is 3.35. The third-order valence-corrected chi connectivity index (χ3v) is 4.54. The summed E-state index contributed by atoms with van der Waals surface area (Å²) in [6.45, 7) is 4.49. The second-order valence-corrected chi connectivity index (χ2v) is 6.43. The van der Waals surface area contributed by atoms with E-state index in [9.17, 15) is 4.79 Å². The van der Waals surface area contributed by atoms with Crippen LogP contribution in [0, 0.1) is 0 Å². The lowest BCUT2D eigenvalue weighted by molar-refractivity contribution is -0.117. The lowest BCUT2D eigenvalue weighted by Crippen LogP contribution is -2.30. The average molecular weight is 338 g/mol. The van der Waals surface area contributed by atoms with Crippen molar-refractivity contribution in [2.75, 3.05) is 31.5 Å². The van der Waals surface area contributed by atoms with Crippen molar-refractivity contribution in [3.8, 4) is 0 Å². The van der Waals surface area contributed by atoms with Gasteiger partial charge in [-0.05, 0) is 57.6 Å². The minimum atomic E-state index is -0.198. The van der Waals surface area contributed by atoms with E-state index in [2.05, 4.69) is 31.5 Å². The quantitative estimate of drug-likeness (QED) is 0.811. The molecule has 5 heteroatoms. The second-order valence-electron chi connectivity index (χ2n) is 5.51. The van der Waals surface area contributed by atoms with Gasteiger partial charge < -0.3 is 15.5 Å². The molecule has 0 saturated carbocycles. The molecule has 2 aliphatic heterocycles. The Labute approximate surface area is 128 Å². The van der Waals surface area contributed by atoms with E-state index in [0.29, 0.717) is 0 Å². The molecule has 1 atom stereocenters. The minimum absolute atomic E-state index is 0.0549. The first-order valence-electron chi connectivity index (χ1n) is 7.30. The van der Waals surface area contributed by atoms with Crippen LogP contribution in [0.15, 0.2) is 22.7 Å². The molecule has 2 heterocycles. The molecule has 1 amide bonds. The van der Waals surface area contributed by atoms with Crippen LogP contribution in [-0.4, -0.2) is 37.0 Å². The van der Waals surface area contributed by atoms with E-state index >= 15 is 0 Å². The van der Waals surface area contributed by atoms with E-state index in [4.69, 9.17) is 0 Å². The van der Waals surface area contributed by atoms with Crippen molar-refractivity contribution < 1.29 is 4.79 Å². The Hall–Kier alpha value is -0.910. The van der Waals surface area contributed by atoms with E-state index < -0.39 is 0 Å². The predicted molar refractivity (Wildman–Crippen MR) is 83.8 cm³/mol. The molecule has 108 valence electrons. The van der Waals surface area contributed by atoms with Crippen molar-refractivity contribution in [1.82, 2.24) is 10.2 Å². The Morgan fingerprint density at radius 1 is 1.35 bits per heavy atom. The van der Waals surface area contributed by atoms with Crippen molar-refractivity contribution in [1.29, 1.82) is 0 Å². The zero-order valence-electron chi connectivity index (χ0n) is 11.5. The largest absolute Gasteiger partial charge is 0.324 e. The summed E-state index contributed by atoms with van der Waals surface area (Å²) in [5.74, 6) is 0.0549. The molecule has 0 aliphatic carbocycles. The summed E-state index contributed by atoms with van der Waals surface area (Å²) in [4.78, 5) is 14.5. The van der Waals surface area contributed by atoms with Gasteiger partial charge in [0.2, 0.25) is 5.91 Å². The SMILES string of the molecule is O=C1Nc2cc(Br)ccc2C1NCCCN1CCCC1. The number of anilines is 1. The summed E-state index contributed by atoms with van der Waals surface area (Å²) in [6, 6.07) is 5.75. The molecule has 3 rings (SSSR count). The maximum Gasteiger partial charge on any atom is 0.246 e. The Bertz CT molecular complexity index is 500. The molecule has 4 nitrogen and oxygen atoms in total. The number of carbonyl (C=O) groups excluding carboxylic acids is 1. The summed E-state index contributed by atoms with van der Waals surface area (Å²) in [5.41, 5.74) is 1.97. The third-order valence-electron chi connectivity index (χ3n) is 4.04. The Morgan fingerprint density at radius 2 is 2.15 bits per heavy atom. The molecule has 1 unspecified atom stereocenters. The third kappa shape index (κ3) is 3.05. The highest BCUT2D eigenvalue weighted by Gasteiger charge is 2.29. The summed E-state index contributed by atoms with van der Waals surface area (Å²) >= 11 is 3.43. The number of hydrogen-bond donors (Lipinski definition) is 2. The van der Waals surface area contributed by atoms with Crippen LogP contribution >= 0.6 is 15.9 Å². The number of hydrogen-bond acceptors (Lipinski definition) is 3. The summed E-state index contributed by atoms with van der Waals surface area (Å²) in [6.07, 6.45) is 3.76. The molecule has 1 saturated heterocycles. The van der Waals surface area contributed by atoms with Crippen molar-refractivity contribution in [2.24, 2.45) is 0 Å². The number of nitrogens with zero attached hydrogens (tertiary/aromatic N) is 1. The van der Waals surface area contributed by atoms with Gasteiger partial charge in [0.1, 0.15) is 6.04 Å². The van der Waals surface area contributed by atoms with Crippen molar-refractivity contribution in [3.05, 3.63) is 28.2 Å². The van der Waals surface area contributed by atoms with Gasteiger partial charge in [0.05, 0.1) is 0 Å². The fourth-order valence-electron chi connectivity index (χ4n) is 2.99. The number of amides is 1. The van der Waals surface area contributed by atoms with E-state index in [1.807, 2.05) is 18.2 Å². The highest BCUT2D eigenvalue weighted by atomic mass is 79.9. The first-order valence-corrected chi connectivity index (χ1v) is 8.09. The maximum absolute atomic E-state index is 12.0. The highest BCUT2D eigenvalue weighted by molar-refractivity contribution is 9.10. The van der Waals surface area contributed by atoms with E-state index in [1.165, 1.54) is 25.9 Å². The molecule has 0 radical (unpaired) electrons. The zero-order valence-corrected chi connectivity index (χ0v) is 13.1. The van der Waals surface area contributed by atoms with Crippen molar-refractivity contribution >= 4 is 27.5 Å². The van der Waals surface area contributed by atoms with Crippen LogP contribution in [0.2, 0.25) is 0 Å². The molecule has 1 aromatic rings. The van der Waals surface area contributed by atoms with Crippen LogP contribution in [0.3, 0.4) is 0 Å². The first-order chi connectivity index (χ1) is 9.74. The summed E-state index contributed by atoms with van der Waals surface area (Å²) in [7, 11) is 0. The van der Waals surface area contributed by atoms with Gasteiger partial charge in [0, 0.05) is 15.7 Å². The lowest BCUT2D eigenvalue weighted by Gasteiger charge is -2.16. The molecule has 1 fully saturated rings. The van der Waals surface area contributed by atoms with Gasteiger partial charge in [0.15, 0.2) is 0 Å². The zero-order chi connectivity index (χ0) is 13.9. The van der Waals surface area contributed by atoms with Gasteiger partial charge in [0.25, 0.3) is 0 Å². The summed E-state index contributed by atoms with van der Waals surface area (Å²) < 4.78 is 0.992. The van der Waals surface area contributed by atoms with Crippen LogP contribution in [0.5, 0.6) is 0 Å². The molecule has 0 bridgehead atoms. The minimum Gasteiger partial charge on any atom is -0.324 e. The van der Waals surface area contributed by atoms with Crippen LogP contribution < -0.4 is 10.6 Å². The molecule has 2 N–H and O–H groups in total. The number of carbonyl (C=O) groups is 1. The maximum atomic E-state index is 12.0. The monoisotopic (exact) mass is 337 g/mol. The van der Waals surface area contributed by atoms with Gasteiger partial charge in [-0.2, -0.15) is 0 Å². The van der Waals surface area contributed by atoms with Gasteiger partial charge in [-0.15, -0.1) is 0 Å². The number of rotatable bonds is 5. The number of nitrogens with one attached hydrogen (secondary N) is 2. The average Bonchev–Trinajstić information content (AvgIpc) is 3.02. The molecular weight excluding hydrogens is 318 g/mol. The van der Waals surface area contributed by atoms with E-state index in [-0.39, 0.29) is 11.9 Å². The fraction of sp³-hybridized carbons (Fsp3) is 0.533. The standard InChI is InChI=1S/C15H20BrN3O/c16-11-4-5-12-13(10-11)18-15(20)14(12)17-6-3-9-19-7-1-2-8-19/h4-5,10,14,17H,1-3,6-9H2,(H,18,20). The lowest BCUT2D eigenvalue weighted by atomic mass is 10.1. The van der Waals surface area contributed by atoms with Gasteiger partial charge in [-0.25, -0.2) is 0 Å². The van der Waals surface area contributed by atoms with Crippen LogP contribution in [0.4, 0.5) is 5.69 Å². The van der Waals surface area contributed by atoms with Crippen LogP contribution in [0.25, 0.3) is 0 Å². The number of benzene rings is 1. The van der Waals surface area contributed by atoms with Crippen molar-refractivity contribution in [2.45, 2.75) is 25.3 Å². The highest BCUT2D eigenvalue weighted by Crippen LogP contribution is 2.32. The predicted octanol–water partition coefficient (Wildman–Crippen LogP) is 2.52. The van der Waals surface area contributed by atoms with Crippen LogP contribution in [0.1, 0.15) is 30.9 Å². The normalized spacial score (nSPS) is 22.1. The molecule has 0 aromatic heterocycles. The number of likely N-dealkylation sites (tertiary alicyclic amines) is 1. The first kappa shape index (κ1) is 14.0. The smallest absolute Gasteiger partial charge is 0.246 e. The Morgan fingerprint density at radius 3 is 2.95 bits per heavy atom. The molecule has 0 spiro atoms. The Kier molecular flexibility index (Phi) is 4.38. The molecular formula is C15H20BrN3O. The molecule has 2 aliphatic rings. The number of fused-ring (bicyclic) bond motifs is 1. The summed E-state index contributed by atoms with van der Waals surface area (Å²) in [5, 5.41) is 6.31. The van der Waals surface area contributed by atoms with E-state index in [1.54, 1.807) is 0 Å². The van der Waals surface area contributed by atoms with Gasteiger partial charge >= 0.3 is 0 Å².